The van der Waals surface area contributed by atoms with Crippen LogP contribution in [0.5, 0.6) is 0 Å². The summed E-state index contributed by atoms with van der Waals surface area (Å²) < 4.78 is 0. The van der Waals surface area contributed by atoms with Crippen LogP contribution >= 0.6 is 0 Å². The largest absolute Gasteiger partial charge is 0.475 e. The zero-order valence-corrected chi connectivity index (χ0v) is 33.4. The second-order valence-corrected chi connectivity index (χ2v) is 14.1. The maximum Gasteiger partial charge on any atom is 0.475 e. The number of carbonyl (C=O) groups is 7. The minimum Gasteiger partial charge on any atom is -0.426 e. The van der Waals surface area contributed by atoms with Gasteiger partial charge in [0, 0.05) is 18.2 Å². The minimum atomic E-state index is -1.93. The molecule has 0 aliphatic carbocycles. The summed E-state index contributed by atoms with van der Waals surface area (Å²) in [6, 6.07) is 8.85. The summed E-state index contributed by atoms with van der Waals surface area (Å²) >= 11 is 0. The van der Waals surface area contributed by atoms with Gasteiger partial charge in [0.05, 0.1) is 31.6 Å². The second kappa shape index (κ2) is 24.4. The summed E-state index contributed by atoms with van der Waals surface area (Å²) in [6.07, 6.45) is 1.18. The first-order chi connectivity index (χ1) is 27.4. The number of amides is 7. The Morgan fingerprint density at radius 1 is 0.724 bits per heavy atom. The molecule has 2 rings (SSSR count). The standard InChI is InChI=1S/C38H57BN8O11/c1-6-7-8-25-9-11-26(12-10-25)27-13-15-28(16-14-27)35(53)46-30(20-48)37(55)42-21(2)18-41-19-32(51)47-33(23(4)49)38(56)43-22(3)34(52)45-29(17-31(40)50)36(54)44-24(5)39(57)58/h9-16,21-24,29-30,33,41,48-49,57-58H,6-8,17-20H2,1-5H3,(H2,40,50)(H,42,55)(H,43,56)(H,44,54)(H,45,52)(H,46,53)(H,47,51)/t21-,22+,23?,24+,29+,30-,33?/m1/s1. The molecule has 0 saturated heterocycles. The summed E-state index contributed by atoms with van der Waals surface area (Å²) in [5, 5.41) is 55.5. The first-order valence-electron chi connectivity index (χ1n) is 19.0. The summed E-state index contributed by atoms with van der Waals surface area (Å²) in [5.41, 5.74) is 8.64. The Morgan fingerprint density at radius 3 is 1.84 bits per heavy atom. The Bertz CT molecular complexity index is 1700. The lowest BCUT2D eigenvalue weighted by Gasteiger charge is -2.25. The van der Waals surface area contributed by atoms with E-state index in [-0.39, 0.29) is 13.1 Å². The molecule has 13 N–H and O–H groups in total. The van der Waals surface area contributed by atoms with Crippen molar-refractivity contribution in [1.82, 2.24) is 37.2 Å². The number of primary amides is 1. The Kier molecular flexibility index (Phi) is 20.5. The molecule has 0 radical (unpaired) electrons. The van der Waals surface area contributed by atoms with Gasteiger partial charge in [-0.3, -0.25) is 33.6 Å². The number of aryl methyl sites for hydroxylation is 1. The Morgan fingerprint density at radius 2 is 1.31 bits per heavy atom. The lowest BCUT2D eigenvalue weighted by Crippen LogP contribution is -2.59. The van der Waals surface area contributed by atoms with Crippen molar-refractivity contribution in [2.75, 3.05) is 19.7 Å². The van der Waals surface area contributed by atoms with Gasteiger partial charge >= 0.3 is 7.12 Å². The van der Waals surface area contributed by atoms with Crippen molar-refractivity contribution in [3.63, 3.8) is 0 Å². The Labute approximate surface area is 337 Å². The van der Waals surface area contributed by atoms with E-state index in [2.05, 4.69) is 56.3 Å². The van der Waals surface area contributed by atoms with E-state index in [0.717, 1.165) is 30.4 Å². The van der Waals surface area contributed by atoms with E-state index >= 15 is 0 Å². The van der Waals surface area contributed by atoms with Gasteiger partial charge in [-0.15, -0.1) is 0 Å². The summed E-state index contributed by atoms with van der Waals surface area (Å²) in [6.45, 7) is 6.49. The first-order valence-corrected chi connectivity index (χ1v) is 19.0. The molecule has 0 spiro atoms. The normalized spacial score (nSPS) is 14.6. The van der Waals surface area contributed by atoms with Gasteiger partial charge in [0.15, 0.2) is 0 Å². The van der Waals surface area contributed by atoms with E-state index in [4.69, 9.17) is 5.73 Å². The number of benzene rings is 2. The van der Waals surface area contributed by atoms with Crippen molar-refractivity contribution in [2.24, 2.45) is 5.73 Å². The second-order valence-electron chi connectivity index (χ2n) is 14.1. The van der Waals surface area contributed by atoms with Crippen molar-refractivity contribution in [3.05, 3.63) is 59.7 Å². The number of nitrogens with two attached hydrogens (primary N) is 1. The summed E-state index contributed by atoms with van der Waals surface area (Å²) in [4.78, 5) is 88.1. The average Bonchev–Trinajstić information content (AvgIpc) is 3.17. The molecule has 0 aliphatic rings. The molecule has 58 heavy (non-hydrogen) atoms. The maximum absolute atomic E-state index is 12.9. The monoisotopic (exact) mass is 812 g/mol. The number of hydrogen-bond acceptors (Lipinski definition) is 12. The van der Waals surface area contributed by atoms with Crippen LogP contribution < -0.4 is 43.0 Å². The number of rotatable bonds is 24. The Hall–Kier alpha value is -5.41. The molecule has 2 aromatic carbocycles. The van der Waals surface area contributed by atoms with Crippen LogP contribution in [0.15, 0.2) is 48.5 Å². The smallest absolute Gasteiger partial charge is 0.426 e. The third kappa shape index (κ3) is 16.6. The molecule has 2 unspecified atom stereocenters. The van der Waals surface area contributed by atoms with Crippen molar-refractivity contribution in [3.8, 4) is 11.1 Å². The highest BCUT2D eigenvalue weighted by atomic mass is 16.4. The molecular formula is C38H57BN8O11. The highest BCUT2D eigenvalue weighted by molar-refractivity contribution is 6.43. The predicted molar refractivity (Wildman–Crippen MR) is 214 cm³/mol. The molecule has 19 nitrogen and oxygen atoms in total. The molecule has 0 aromatic heterocycles. The summed E-state index contributed by atoms with van der Waals surface area (Å²) in [5.74, 6) is -6.90. The lowest BCUT2D eigenvalue weighted by atomic mass is 9.81. The number of carbonyl (C=O) groups excluding carboxylic acids is 7. The van der Waals surface area contributed by atoms with Crippen LogP contribution in [-0.2, 0) is 35.2 Å². The highest BCUT2D eigenvalue weighted by Crippen LogP contribution is 2.21. The van der Waals surface area contributed by atoms with Crippen molar-refractivity contribution in [2.45, 2.75) is 103 Å². The van der Waals surface area contributed by atoms with Gasteiger partial charge < -0.3 is 63.2 Å². The van der Waals surface area contributed by atoms with E-state index in [1.807, 2.05) is 12.1 Å². The van der Waals surface area contributed by atoms with Crippen LogP contribution in [0.2, 0.25) is 0 Å². The van der Waals surface area contributed by atoms with E-state index in [1.54, 1.807) is 31.2 Å². The predicted octanol–water partition coefficient (Wildman–Crippen LogP) is -2.87. The van der Waals surface area contributed by atoms with Crippen molar-refractivity contribution >= 4 is 48.5 Å². The molecule has 7 atom stereocenters. The molecule has 7 amide bonds. The van der Waals surface area contributed by atoms with Gasteiger partial charge in [0.1, 0.15) is 24.2 Å². The quantitative estimate of drug-likeness (QED) is 0.0477. The number of aliphatic hydroxyl groups excluding tert-OH is 2. The SMILES string of the molecule is CCCCc1ccc(-c2ccc(C(=O)N[C@H](CO)C(=O)N[C@H](C)CNCC(=O)NC(C(=O)N[C@@H](C)C(=O)N[C@@H](CC(N)=O)C(=O)N[C@@H](C)B(O)O)C(C)O)cc2)cc1. The van der Waals surface area contributed by atoms with Crippen molar-refractivity contribution in [1.29, 1.82) is 0 Å². The van der Waals surface area contributed by atoms with Gasteiger partial charge in [-0.1, -0.05) is 49.7 Å². The van der Waals surface area contributed by atoms with E-state index in [9.17, 15) is 53.8 Å². The van der Waals surface area contributed by atoms with Crippen LogP contribution in [0.4, 0.5) is 0 Å². The number of nitrogens with one attached hydrogen (secondary N) is 7. The van der Waals surface area contributed by atoms with Gasteiger partial charge in [-0.25, -0.2) is 0 Å². The first kappa shape index (κ1) is 48.7. The molecule has 20 heteroatoms. The molecule has 318 valence electrons. The molecule has 0 aliphatic heterocycles. The number of unbranched alkanes of at least 4 members (excludes halogenated alkanes) is 1. The maximum atomic E-state index is 12.9. The lowest BCUT2D eigenvalue weighted by molar-refractivity contribution is -0.135. The molecule has 0 heterocycles. The molecule has 0 fully saturated rings. The molecular weight excluding hydrogens is 755 g/mol. The van der Waals surface area contributed by atoms with Gasteiger partial charge in [0.25, 0.3) is 5.91 Å². The van der Waals surface area contributed by atoms with E-state index in [0.29, 0.717) is 5.56 Å². The fraction of sp³-hybridized carbons (Fsp3) is 0.500. The third-order valence-corrected chi connectivity index (χ3v) is 8.87. The van der Waals surface area contributed by atoms with Crippen molar-refractivity contribution < 1.29 is 53.8 Å². The van der Waals surface area contributed by atoms with Crippen LogP contribution in [0.1, 0.15) is 69.8 Å². The molecule has 0 saturated carbocycles. The van der Waals surface area contributed by atoms with Crippen LogP contribution in [0, 0.1) is 0 Å². The fourth-order valence-electron chi connectivity index (χ4n) is 5.40. The van der Waals surface area contributed by atoms with Gasteiger partial charge in [-0.2, -0.15) is 0 Å². The molecule has 0 bridgehead atoms. The van der Waals surface area contributed by atoms with Crippen LogP contribution in [-0.4, -0.2) is 131 Å². The van der Waals surface area contributed by atoms with E-state index < -0.39 is 104 Å². The zero-order chi connectivity index (χ0) is 43.5. The van der Waals surface area contributed by atoms with E-state index in [1.165, 1.54) is 26.3 Å². The highest BCUT2D eigenvalue weighted by Gasteiger charge is 2.32. The summed E-state index contributed by atoms with van der Waals surface area (Å²) in [7, 11) is -1.93. The minimum absolute atomic E-state index is 0.0468. The van der Waals surface area contributed by atoms with Gasteiger partial charge in [-0.05, 0) is 69.4 Å². The molecule has 2 aromatic rings. The topological polar surface area (TPSA) is 311 Å². The average molecular weight is 813 g/mol. The number of hydrogen-bond donors (Lipinski definition) is 12. The van der Waals surface area contributed by atoms with Crippen LogP contribution in [0.3, 0.4) is 0 Å². The van der Waals surface area contributed by atoms with Gasteiger partial charge in [0.2, 0.25) is 35.4 Å². The fourth-order valence-corrected chi connectivity index (χ4v) is 5.40. The third-order valence-electron chi connectivity index (χ3n) is 8.87. The zero-order valence-electron chi connectivity index (χ0n) is 33.4. The Balaban J connectivity index is 1.85. The van der Waals surface area contributed by atoms with Crippen LogP contribution in [0.25, 0.3) is 11.1 Å². The number of aliphatic hydroxyl groups is 2.